The largest absolute Gasteiger partial charge is 0.381 e. The fourth-order valence-electron chi connectivity index (χ4n) is 2.67. The van der Waals surface area contributed by atoms with Gasteiger partial charge in [0.2, 0.25) is 0 Å². The van der Waals surface area contributed by atoms with E-state index in [2.05, 4.69) is 67.6 Å². The van der Waals surface area contributed by atoms with Gasteiger partial charge in [-0.05, 0) is 49.3 Å². The number of hydrogen-bond acceptors (Lipinski definition) is 2. The second kappa shape index (κ2) is 10.0. The monoisotopic (exact) mass is 346 g/mol. The van der Waals surface area contributed by atoms with Crippen molar-refractivity contribution in [3.63, 3.8) is 0 Å². The second-order valence-electron chi connectivity index (χ2n) is 5.90. The molecule has 3 heteroatoms. The van der Waals surface area contributed by atoms with Gasteiger partial charge in [-0.3, -0.25) is 0 Å². The van der Waals surface area contributed by atoms with Crippen molar-refractivity contribution in [1.82, 2.24) is 0 Å². The number of hydrogen-bond donors (Lipinski definition) is 0. The third-order valence-electron chi connectivity index (χ3n) is 4.15. The van der Waals surface area contributed by atoms with E-state index in [4.69, 9.17) is 16.5 Å². The van der Waals surface area contributed by atoms with Crippen molar-refractivity contribution < 1.29 is 4.74 Å². The average Bonchev–Trinajstić information content (AvgIpc) is 2.61. The summed E-state index contributed by atoms with van der Waals surface area (Å²) in [4.78, 5) is 0. The van der Waals surface area contributed by atoms with Crippen LogP contribution in [0.2, 0.25) is 0 Å². The molecule has 2 rings (SSSR count). The zero-order chi connectivity index (χ0) is 16.4. The molecular weight excluding hydrogens is 319 g/mol. The lowest BCUT2D eigenvalue weighted by atomic mass is 10.2. The van der Waals surface area contributed by atoms with Crippen molar-refractivity contribution in [2.24, 2.45) is 0 Å². The Morgan fingerprint density at radius 2 is 1.26 bits per heavy atom. The molecule has 23 heavy (non-hydrogen) atoms. The third-order valence-corrected chi connectivity index (χ3v) is 8.87. The van der Waals surface area contributed by atoms with Crippen molar-refractivity contribution in [2.75, 3.05) is 31.7 Å². The predicted octanol–water partition coefficient (Wildman–Crippen LogP) is 4.99. The van der Waals surface area contributed by atoms with Crippen LogP contribution < -0.4 is 0 Å². The molecule has 0 spiro atoms. The van der Waals surface area contributed by atoms with Crippen molar-refractivity contribution in [3.8, 4) is 0 Å². The molecule has 0 unspecified atom stereocenters. The van der Waals surface area contributed by atoms with Crippen LogP contribution in [0, 0.1) is 0 Å². The van der Waals surface area contributed by atoms with Crippen molar-refractivity contribution in [1.29, 1.82) is 0 Å². The van der Waals surface area contributed by atoms with Crippen molar-refractivity contribution >= 4 is 17.8 Å². The summed E-state index contributed by atoms with van der Waals surface area (Å²) in [5, 5.41) is 0. The minimum atomic E-state index is -1.37. The lowest BCUT2D eigenvalue weighted by Crippen LogP contribution is -2.09. The summed E-state index contributed by atoms with van der Waals surface area (Å²) in [5.74, 6) is 0. The van der Waals surface area contributed by atoms with Crippen LogP contribution in [-0.4, -0.2) is 31.7 Å². The van der Waals surface area contributed by atoms with E-state index in [0.717, 1.165) is 44.5 Å². The molecule has 2 aromatic carbocycles. The van der Waals surface area contributed by atoms with Crippen molar-refractivity contribution in [3.05, 3.63) is 71.8 Å². The van der Waals surface area contributed by atoms with Gasteiger partial charge in [-0.1, -0.05) is 72.5 Å². The van der Waals surface area contributed by atoms with Crippen LogP contribution in [0.25, 0.3) is 0 Å². The number of aryl methyl sites for hydroxylation is 2. The molecule has 0 aliphatic heterocycles. The highest BCUT2D eigenvalue weighted by molar-refractivity contribution is 8.14. The molecule has 0 aliphatic rings. The Morgan fingerprint density at radius 3 is 1.70 bits per heavy atom. The fraction of sp³-hybridized carbons (Fsp3) is 0.400. The van der Waals surface area contributed by atoms with Gasteiger partial charge in [-0.25, -0.2) is 0 Å². The Hall–Kier alpha value is -0.950. The van der Waals surface area contributed by atoms with Crippen LogP contribution in [0.15, 0.2) is 60.7 Å². The molecule has 0 amide bonds. The summed E-state index contributed by atoms with van der Waals surface area (Å²) in [6.45, 7) is 3.65. The summed E-state index contributed by atoms with van der Waals surface area (Å²) in [6.07, 6.45) is 5.55. The molecule has 0 aliphatic carbocycles. The summed E-state index contributed by atoms with van der Waals surface area (Å²) in [6, 6.07) is 20.1. The molecule has 1 nitrogen and oxygen atoms in total. The zero-order valence-electron chi connectivity index (χ0n) is 14.0. The maximum Gasteiger partial charge on any atom is 0.0512 e. The van der Waals surface area contributed by atoms with E-state index in [1.165, 1.54) is 11.1 Å². The highest BCUT2D eigenvalue weighted by Crippen LogP contribution is 2.46. The minimum absolute atomic E-state index is 0.784. The standard InChI is InChI=1S/C20H27OPS/c1-2-21-15-18-22(23,16-13-19-9-5-3-6-10-19)17-14-20-11-7-4-8-12-20/h3-12H,2,13-18H2,1H3. The SMILES string of the molecule is CCOCCP(=S)(CCc1ccccc1)CCc1ccccc1. The molecule has 0 heterocycles. The second-order valence-corrected chi connectivity index (χ2v) is 11.7. The van der Waals surface area contributed by atoms with Crippen LogP contribution in [0.5, 0.6) is 0 Å². The maximum absolute atomic E-state index is 6.14. The summed E-state index contributed by atoms with van der Waals surface area (Å²) < 4.78 is 5.59. The van der Waals surface area contributed by atoms with Gasteiger partial charge in [0, 0.05) is 12.8 Å². The molecule has 0 N–H and O–H groups in total. The summed E-state index contributed by atoms with van der Waals surface area (Å²) in [5.41, 5.74) is 2.80. The molecule has 0 bridgehead atoms. The van der Waals surface area contributed by atoms with Gasteiger partial charge >= 0.3 is 0 Å². The first-order valence-electron chi connectivity index (χ1n) is 8.44. The Balaban J connectivity index is 1.94. The molecule has 0 saturated carbocycles. The van der Waals surface area contributed by atoms with Gasteiger partial charge in [-0.2, -0.15) is 0 Å². The van der Waals surface area contributed by atoms with E-state index in [9.17, 15) is 0 Å². The highest BCUT2D eigenvalue weighted by atomic mass is 32.4. The van der Waals surface area contributed by atoms with E-state index in [1.54, 1.807) is 0 Å². The van der Waals surface area contributed by atoms with Crippen LogP contribution >= 0.6 is 6.04 Å². The highest BCUT2D eigenvalue weighted by Gasteiger charge is 2.17. The third kappa shape index (κ3) is 6.99. The quantitative estimate of drug-likeness (QED) is 0.443. The lowest BCUT2D eigenvalue weighted by molar-refractivity contribution is 0.164. The Morgan fingerprint density at radius 1 is 0.783 bits per heavy atom. The van der Waals surface area contributed by atoms with Gasteiger partial charge in [0.05, 0.1) is 6.61 Å². The topological polar surface area (TPSA) is 9.23 Å². The molecule has 0 aromatic heterocycles. The van der Waals surface area contributed by atoms with E-state index in [0.29, 0.717) is 0 Å². The molecule has 0 radical (unpaired) electrons. The van der Waals surface area contributed by atoms with E-state index < -0.39 is 6.04 Å². The maximum atomic E-state index is 6.14. The zero-order valence-corrected chi connectivity index (χ0v) is 15.7. The smallest absolute Gasteiger partial charge is 0.0512 e. The van der Waals surface area contributed by atoms with Crippen LogP contribution in [0.1, 0.15) is 18.1 Å². The van der Waals surface area contributed by atoms with Crippen LogP contribution in [-0.2, 0) is 29.4 Å². The normalized spacial score (nSPS) is 11.5. The van der Waals surface area contributed by atoms with Gasteiger partial charge in [0.25, 0.3) is 0 Å². The van der Waals surface area contributed by atoms with E-state index in [1.807, 2.05) is 0 Å². The molecule has 0 fully saturated rings. The molecule has 0 atom stereocenters. The van der Waals surface area contributed by atoms with Crippen LogP contribution in [0.3, 0.4) is 0 Å². The Bertz CT molecular complexity index is 550. The Labute approximate surface area is 146 Å². The van der Waals surface area contributed by atoms with Gasteiger partial charge in [0.1, 0.15) is 0 Å². The lowest BCUT2D eigenvalue weighted by Gasteiger charge is -2.22. The average molecular weight is 346 g/mol. The summed E-state index contributed by atoms with van der Waals surface area (Å²) in [7, 11) is 0. The molecular formula is C20H27OPS. The van der Waals surface area contributed by atoms with E-state index in [-0.39, 0.29) is 0 Å². The fourth-order valence-corrected chi connectivity index (χ4v) is 5.90. The van der Waals surface area contributed by atoms with Gasteiger partial charge < -0.3 is 4.74 Å². The molecule has 124 valence electrons. The van der Waals surface area contributed by atoms with Crippen molar-refractivity contribution in [2.45, 2.75) is 19.8 Å². The molecule has 2 aromatic rings. The van der Waals surface area contributed by atoms with Gasteiger partial charge in [0.15, 0.2) is 0 Å². The van der Waals surface area contributed by atoms with Gasteiger partial charge in [-0.15, -0.1) is 0 Å². The first kappa shape index (κ1) is 18.4. The first-order chi connectivity index (χ1) is 11.2. The Kier molecular flexibility index (Phi) is 8.02. The van der Waals surface area contributed by atoms with Crippen LogP contribution in [0.4, 0.5) is 0 Å². The summed E-state index contributed by atoms with van der Waals surface area (Å²) >= 11 is 6.14. The number of benzene rings is 2. The minimum Gasteiger partial charge on any atom is -0.381 e. The van der Waals surface area contributed by atoms with E-state index >= 15 is 0 Å². The number of ether oxygens (including phenoxy) is 1. The first-order valence-corrected chi connectivity index (χ1v) is 11.8. The predicted molar refractivity (Wildman–Crippen MR) is 106 cm³/mol. The number of rotatable bonds is 10. The molecule has 0 saturated heterocycles.